The molecular formula is C20H20F3N3O. The molecule has 7 heteroatoms. The number of anilines is 1. The van der Waals surface area contributed by atoms with Crippen molar-refractivity contribution in [3.63, 3.8) is 0 Å². The summed E-state index contributed by atoms with van der Waals surface area (Å²) in [5, 5.41) is 0. The molecule has 1 aromatic heterocycles. The largest absolute Gasteiger partial charge is 0.417 e. The molecule has 1 aliphatic heterocycles. The molecule has 3 rings (SSSR count). The van der Waals surface area contributed by atoms with Gasteiger partial charge in [0.05, 0.1) is 5.56 Å². The van der Waals surface area contributed by atoms with Gasteiger partial charge in [0.15, 0.2) is 0 Å². The summed E-state index contributed by atoms with van der Waals surface area (Å²) < 4.78 is 37.8. The Morgan fingerprint density at radius 2 is 1.70 bits per heavy atom. The van der Waals surface area contributed by atoms with Gasteiger partial charge in [0.1, 0.15) is 5.82 Å². The number of halogens is 3. The van der Waals surface area contributed by atoms with Gasteiger partial charge < -0.3 is 9.80 Å². The molecule has 27 heavy (non-hydrogen) atoms. The van der Waals surface area contributed by atoms with E-state index in [0.29, 0.717) is 32.0 Å². The van der Waals surface area contributed by atoms with Crippen LogP contribution in [0.4, 0.5) is 19.0 Å². The molecular weight excluding hydrogens is 355 g/mol. The number of nitrogens with zero attached hydrogens (tertiary/aromatic N) is 3. The molecule has 0 bridgehead atoms. The molecule has 1 amide bonds. The number of piperazine rings is 1. The van der Waals surface area contributed by atoms with Crippen LogP contribution in [0.15, 0.2) is 48.7 Å². The van der Waals surface area contributed by atoms with Crippen molar-refractivity contribution in [2.24, 2.45) is 0 Å². The third-order valence-corrected chi connectivity index (χ3v) is 4.49. The lowest BCUT2D eigenvalue weighted by Gasteiger charge is -2.35. The molecule has 1 saturated heterocycles. The minimum atomic E-state index is -4.39. The highest BCUT2D eigenvalue weighted by atomic mass is 19.4. The zero-order valence-electron chi connectivity index (χ0n) is 14.9. The zero-order valence-corrected chi connectivity index (χ0v) is 14.9. The van der Waals surface area contributed by atoms with Gasteiger partial charge in [-0.25, -0.2) is 4.98 Å². The van der Waals surface area contributed by atoms with Crippen molar-refractivity contribution in [3.8, 4) is 0 Å². The van der Waals surface area contributed by atoms with Crippen LogP contribution < -0.4 is 4.90 Å². The SMILES string of the molecule is Cc1ccc(/C=C/C(=O)N2CCN(c3ccc(C(F)(F)F)cn3)CC2)cc1. The minimum Gasteiger partial charge on any atom is -0.353 e. The number of hydrogen-bond acceptors (Lipinski definition) is 3. The fourth-order valence-electron chi connectivity index (χ4n) is 2.85. The maximum absolute atomic E-state index is 12.6. The van der Waals surface area contributed by atoms with Crippen molar-refractivity contribution in [1.82, 2.24) is 9.88 Å². The summed E-state index contributed by atoms with van der Waals surface area (Å²) in [7, 11) is 0. The second kappa shape index (κ2) is 7.82. The Morgan fingerprint density at radius 3 is 2.26 bits per heavy atom. The Labute approximate surface area is 155 Å². The van der Waals surface area contributed by atoms with Crippen LogP contribution in [0.3, 0.4) is 0 Å². The average molecular weight is 375 g/mol. The summed E-state index contributed by atoms with van der Waals surface area (Å²) in [6, 6.07) is 10.3. The van der Waals surface area contributed by atoms with Crippen LogP contribution in [0, 0.1) is 6.92 Å². The van der Waals surface area contributed by atoms with E-state index in [1.807, 2.05) is 36.1 Å². The monoisotopic (exact) mass is 375 g/mol. The van der Waals surface area contributed by atoms with Gasteiger partial charge in [-0.05, 0) is 30.7 Å². The highest BCUT2D eigenvalue weighted by Crippen LogP contribution is 2.29. The Kier molecular flexibility index (Phi) is 5.48. The smallest absolute Gasteiger partial charge is 0.353 e. The van der Waals surface area contributed by atoms with Gasteiger partial charge >= 0.3 is 6.18 Å². The summed E-state index contributed by atoms with van der Waals surface area (Å²) in [6.07, 6.45) is -0.208. The van der Waals surface area contributed by atoms with Crippen LogP contribution in [0.2, 0.25) is 0 Å². The molecule has 1 aliphatic rings. The number of carbonyl (C=O) groups excluding carboxylic acids is 1. The topological polar surface area (TPSA) is 36.4 Å². The van der Waals surface area contributed by atoms with Crippen LogP contribution in [-0.4, -0.2) is 42.0 Å². The summed E-state index contributed by atoms with van der Waals surface area (Å²) in [4.78, 5) is 19.8. The predicted molar refractivity (Wildman–Crippen MR) is 98.2 cm³/mol. The number of alkyl halides is 3. The number of pyridine rings is 1. The van der Waals surface area contributed by atoms with E-state index in [1.54, 1.807) is 17.1 Å². The highest BCUT2D eigenvalue weighted by molar-refractivity contribution is 5.92. The first kappa shape index (κ1) is 18.9. The first-order valence-corrected chi connectivity index (χ1v) is 8.65. The van der Waals surface area contributed by atoms with Gasteiger partial charge in [0.25, 0.3) is 0 Å². The molecule has 142 valence electrons. The lowest BCUT2D eigenvalue weighted by atomic mass is 10.1. The van der Waals surface area contributed by atoms with Gasteiger partial charge in [-0.2, -0.15) is 13.2 Å². The fraction of sp³-hybridized carbons (Fsp3) is 0.300. The second-order valence-electron chi connectivity index (χ2n) is 6.46. The van der Waals surface area contributed by atoms with Crippen molar-refractivity contribution in [1.29, 1.82) is 0 Å². The van der Waals surface area contributed by atoms with Crippen molar-refractivity contribution in [2.75, 3.05) is 31.1 Å². The number of aryl methyl sites for hydroxylation is 1. The zero-order chi connectivity index (χ0) is 19.4. The predicted octanol–water partition coefficient (Wildman–Crippen LogP) is 3.77. The third kappa shape index (κ3) is 4.87. The molecule has 0 spiro atoms. The molecule has 1 aromatic carbocycles. The molecule has 0 atom stereocenters. The number of carbonyl (C=O) groups is 1. The molecule has 0 saturated carbocycles. The molecule has 2 heterocycles. The first-order chi connectivity index (χ1) is 12.8. The maximum Gasteiger partial charge on any atom is 0.417 e. The lowest BCUT2D eigenvalue weighted by Crippen LogP contribution is -2.48. The molecule has 4 nitrogen and oxygen atoms in total. The van der Waals surface area contributed by atoms with E-state index < -0.39 is 11.7 Å². The molecule has 0 radical (unpaired) electrons. The van der Waals surface area contributed by atoms with Crippen LogP contribution in [-0.2, 0) is 11.0 Å². The van der Waals surface area contributed by atoms with Gasteiger partial charge in [-0.15, -0.1) is 0 Å². The first-order valence-electron chi connectivity index (χ1n) is 8.65. The van der Waals surface area contributed by atoms with Crippen LogP contribution in [0.5, 0.6) is 0 Å². The lowest BCUT2D eigenvalue weighted by molar-refractivity contribution is -0.137. The molecule has 0 aliphatic carbocycles. The normalized spacial score (nSPS) is 15.4. The van der Waals surface area contributed by atoms with Gasteiger partial charge in [0, 0.05) is 38.5 Å². The van der Waals surface area contributed by atoms with Crippen molar-refractivity contribution in [2.45, 2.75) is 13.1 Å². The van der Waals surface area contributed by atoms with E-state index in [4.69, 9.17) is 0 Å². The van der Waals surface area contributed by atoms with Crippen LogP contribution in [0.25, 0.3) is 6.08 Å². The van der Waals surface area contributed by atoms with E-state index in [9.17, 15) is 18.0 Å². The van der Waals surface area contributed by atoms with Gasteiger partial charge in [-0.1, -0.05) is 29.8 Å². The Morgan fingerprint density at radius 1 is 1.04 bits per heavy atom. The summed E-state index contributed by atoms with van der Waals surface area (Å²) in [6.45, 7) is 4.06. The van der Waals surface area contributed by atoms with E-state index in [0.717, 1.165) is 23.4 Å². The standard InChI is InChI=1S/C20H20F3N3O/c1-15-2-4-16(5-3-15)6-9-19(27)26-12-10-25(11-13-26)18-8-7-17(14-24-18)20(21,22)23/h2-9,14H,10-13H2,1H3/b9-6+. The summed E-state index contributed by atoms with van der Waals surface area (Å²) in [5.41, 5.74) is 1.36. The van der Waals surface area contributed by atoms with E-state index >= 15 is 0 Å². The maximum atomic E-state index is 12.6. The van der Waals surface area contributed by atoms with Crippen LogP contribution in [0.1, 0.15) is 16.7 Å². The quantitative estimate of drug-likeness (QED) is 0.767. The van der Waals surface area contributed by atoms with Crippen molar-refractivity contribution < 1.29 is 18.0 Å². The van der Waals surface area contributed by atoms with Crippen molar-refractivity contribution in [3.05, 3.63) is 65.4 Å². The number of rotatable bonds is 3. The Hall–Kier alpha value is -2.83. The van der Waals surface area contributed by atoms with Crippen LogP contribution >= 0.6 is 0 Å². The third-order valence-electron chi connectivity index (χ3n) is 4.49. The molecule has 0 unspecified atom stereocenters. The number of hydrogen-bond donors (Lipinski definition) is 0. The fourth-order valence-corrected chi connectivity index (χ4v) is 2.85. The Balaban J connectivity index is 1.55. The van der Waals surface area contributed by atoms with Gasteiger partial charge in [0.2, 0.25) is 5.91 Å². The second-order valence-corrected chi connectivity index (χ2v) is 6.46. The number of aromatic nitrogens is 1. The van der Waals surface area contributed by atoms with Crippen molar-refractivity contribution >= 4 is 17.8 Å². The van der Waals surface area contributed by atoms with E-state index in [2.05, 4.69) is 4.98 Å². The highest BCUT2D eigenvalue weighted by Gasteiger charge is 2.31. The minimum absolute atomic E-state index is 0.0735. The van der Waals surface area contributed by atoms with Gasteiger partial charge in [-0.3, -0.25) is 4.79 Å². The summed E-state index contributed by atoms with van der Waals surface area (Å²) >= 11 is 0. The van der Waals surface area contributed by atoms with E-state index in [1.165, 1.54) is 6.07 Å². The summed E-state index contributed by atoms with van der Waals surface area (Å²) in [5.74, 6) is 0.417. The number of benzene rings is 1. The molecule has 2 aromatic rings. The molecule has 1 fully saturated rings. The average Bonchev–Trinajstić information content (AvgIpc) is 2.67. The Bertz CT molecular complexity index is 806. The number of amides is 1. The van der Waals surface area contributed by atoms with E-state index in [-0.39, 0.29) is 5.91 Å². The molecule has 0 N–H and O–H groups in total.